The fourth-order valence-corrected chi connectivity index (χ4v) is 3.41. The summed E-state index contributed by atoms with van der Waals surface area (Å²) in [5.41, 5.74) is 6.48. The zero-order chi connectivity index (χ0) is 14.5. The number of fused-ring (bicyclic) bond motifs is 1. The van der Waals surface area contributed by atoms with Gasteiger partial charge in [-0.05, 0) is 61.0 Å². The second-order valence-electron chi connectivity index (χ2n) is 7.64. The van der Waals surface area contributed by atoms with Crippen molar-refractivity contribution in [1.82, 2.24) is 4.90 Å². The molecular weight excluding hydrogens is 246 g/mol. The Kier molecular flexibility index (Phi) is 3.22. The average Bonchev–Trinajstić information content (AvgIpc) is 3.17. The Morgan fingerprint density at radius 1 is 1.15 bits per heavy atom. The summed E-state index contributed by atoms with van der Waals surface area (Å²) in [5.74, 6) is 0. The van der Waals surface area contributed by atoms with Gasteiger partial charge in [-0.25, -0.2) is 0 Å². The summed E-state index contributed by atoms with van der Waals surface area (Å²) in [4.78, 5) is 2.41. The number of benzene rings is 1. The van der Waals surface area contributed by atoms with E-state index in [1.54, 1.807) is 0 Å². The molecule has 2 nitrogen and oxygen atoms in total. The quantitative estimate of drug-likeness (QED) is 0.816. The number of ether oxygens (including phenoxy) is 1. The summed E-state index contributed by atoms with van der Waals surface area (Å²) < 4.78 is 5.75. The Balaban J connectivity index is 2.17. The van der Waals surface area contributed by atoms with E-state index in [4.69, 9.17) is 4.74 Å². The van der Waals surface area contributed by atoms with Crippen LogP contribution in [0.5, 0.6) is 0 Å². The highest BCUT2D eigenvalue weighted by atomic mass is 16.5. The molecule has 0 amide bonds. The number of rotatable bonds is 2. The van der Waals surface area contributed by atoms with Crippen LogP contribution in [-0.4, -0.2) is 25.6 Å². The van der Waals surface area contributed by atoms with Gasteiger partial charge in [-0.2, -0.15) is 0 Å². The molecule has 0 N–H and O–H groups in total. The molecular formula is C18H27NO. The summed E-state index contributed by atoms with van der Waals surface area (Å²) in [5, 5.41) is 0. The highest BCUT2D eigenvalue weighted by Crippen LogP contribution is 2.52. The average molecular weight is 273 g/mol. The fraction of sp³-hybridized carbons (Fsp3) is 0.667. The first-order valence-electron chi connectivity index (χ1n) is 7.76. The van der Waals surface area contributed by atoms with E-state index in [1.807, 2.05) is 0 Å². The predicted octanol–water partition coefficient (Wildman–Crippen LogP) is 3.61. The van der Waals surface area contributed by atoms with Crippen molar-refractivity contribution in [2.75, 3.05) is 20.7 Å². The third-order valence-electron chi connectivity index (χ3n) is 5.05. The van der Waals surface area contributed by atoms with E-state index in [1.165, 1.54) is 35.1 Å². The molecule has 0 saturated heterocycles. The molecule has 0 unspecified atom stereocenters. The SMILES string of the molecule is CN(C)C1(c2cc(C(C)(C)C)cc3c2COCC3)CC1. The van der Waals surface area contributed by atoms with E-state index in [-0.39, 0.29) is 11.0 Å². The van der Waals surface area contributed by atoms with Gasteiger partial charge in [0.05, 0.1) is 13.2 Å². The van der Waals surface area contributed by atoms with Crippen LogP contribution in [0, 0.1) is 0 Å². The summed E-state index contributed by atoms with van der Waals surface area (Å²) in [7, 11) is 4.43. The largest absolute Gasteiger partial charge is 0.376 e. The third-order valence-corrected chi connectivity index (χ3v) is 5.05. The summed E-state index contributed by atoms with van der Waals surface area (Å²) in [6.07, 6.45) is 3.62. The molecule has 1 saturated carbocycles. The van der Waals surface area contributed by atoms with Crippen LogP contribution < -0.4 is 0 Å². The van der Waals surface area contributed by atoms with Crippen LogP contribution in [-0.2, 0) is 28.7 Å². The van der Waals surface area contributed by atoms with E-state index in [0.717, 1.165) is 19.6 Å². The lowest BCUT2D eigenvalue weighted by Gasteiger charge is -2.32. The van der Waals surface area contributed by atoms with Gasteiger partial charge in [-0.1, -0.05) is 32.9 Å². The highest BCUT2D eigenvalue weighted by Gasteiger charge is 2.48. The highest BCUT2D eigenvalue weighted by molar-refractivity contribution is 5.47. The van der Waals surface area contributed by atoms with Gasteiger partial charge in [-0.3, -0.25) is 4.90 Å². The lowest BCUT2D eigenvalue weighted by Crippen LogP contribution is -2.31. The maximum absolute atomic E-state index is 5.75. The molecule has 1 aromatic carbocycles. The molecule has 1 aliphatic heterocycles. The number of nitrogens with zero attached hydrogens (tertiary/aromatic N) is 1. The van der Waals surface area contributed by atoms with E-state index in [9.17, 15) is 0 Å². The molecule has 2 heteroatoms. The van der Waals surface area contributed by atoms with Crippen LogP contribution in [0.3, 0.4) is 0 Å². The fourth-order valence-electron chi connectivity index (χ4n) is 3.41. The third kappa shape index (κ3) is 2.19. The predicted molar refractivity (Wildman–Crippen MR) is 83.1 cm³/mol. The van der Waals surface area contributed by atoms with Crippen molar-refractivity contribution in [2.24, 2.45) is 0 Å². The number of hydrogen-bond acceptors (Lipinski definition) is 2. The van der Waals surface area contributed by atoms with Crippen molar-refractivity contribution < 1.29 is 4.74 Å². The van der Waals surface area contributed by atoms with Gasteiger partial charge in [0.15, 0.2) is 0 Å². The molecule has 110 valence electrons. The van der Waals surface area contributed by atoms with Crippen LogP contribution in [0.25, 0.3) is 0 Å². The van der Waals surface area contributed by atoms with Crippen molar-refractivity contribution in [3.05, 3.63) is 34.4 Å². The van der Waals surface area contributed by atoms with Crippen LogP contribution in [0.2, 0.25) is 0 Å². The molecule has 0 atom stereocenters. The van der Waals surface area contributed by atoms with Crippen molar-refractivity contribution in [2.45, 2.75) is 57.6 Å². The molecule has 1 aromatic rings. The van der Waals surface area contributed by atoms with Crippen LogP contribution in [0.4, 0.5) is 0 Å². The molecule has 2 aliphatic rings. The maximum Gasteiger partial charge on any atom is 0.0723 e. The second kappa shape index (κ2) is 4.57. The maximum atomic E-state index is 5.75. The molecule has 1 aliphatic carbocycles. The zero-order valence-electron chi connectivity index (χ0n) is 13.5. The normalized spacial score (nSPS) is 20.9. The molecule has 0 spiro atoms. The summed E-state index contributed by atoms with van der Waals surface area (Å²) >= 11 is 0. The Hall–Kier alpha value is -0.860. The summed E-state index contributed by atoms with van der Waals surface area (Å²) in [6, 6.07) is 4.88. The van der Waals surface area contributed by atoms with Gasteiger partial charge < -0.3 is 4.74 Å². The standard InChI is InChI=1S/C18H27NO/c1-17(2,3)14-10-13-6-9-20-12-15(13)16(11-14)18(7-8-18)19(4)5/h10-11H,6-9,12H2,1-5H3. The molecule has 20 heavy (non-hydrogen) atoms. The minimum Gasteiger partial charge on any atom is -0.376 e. The van der Waals surface area contributed by atoms with E-state index >= 15 is 0 Å². The Bertz CT molecular complexity index is 521. The van der Waals surface area contributed by atoms with E-state index in [0.29, 0.717) is 0 Å². The minimum atomic E-state index is 0.213. The lowest BCUT2D eigenvalue weighted by atomic mass is 9.80. The van der Waals surface area contributed by atoms with Gasteiger partial charge in [0.2, 0.25) is 0 Å². The second-order valence-corrected chi connectivity index (χ2v) is 7.64. The van der Waals surface area contributed by atoms with Crippen molar-refractivity contribution in [3.63, 3.8) is 0 Å². The first kappa shape index (κ1) is 14.1. The first-order valence-corrected chi connectivity index (χ1v) is 7.76. The Morgan fingerprint density at radius 3 is 2.40 bits per heavy atom. The molecule has 3 rings (SSSR count). The van der Waals surface area contributed by atoms with Gasteiger partial charge in [-0.15, -0.1) is 0 Å². The van der Waals surface area contributed by atoms with Gasteiger partial charge >= 0.3 is 0 Å². The Labute approximate surface area is 123 Å². The number of hydrogen-bond donors (Lipinski definition) is 0. The monoisotopic (exact) mass is 273 g/mol. The van der Waals surface area contributed by atoms with Crippen LogP contribution in [0.15, 0.2) is 12.1 Å². The topological polar surface area (TPSA) is 12.5 Å². The smallest absolute Gasteiger partial charge is 0.0723 e. The lowest BCUT2D eigenvalue weighted by molar-refractivity contribution is 0.108. The van der Waals surface area contributed by atoms with Crippen molar-refractivity contribution >= 4 is 0 Å². The van der Waals surface area contributed by atoms with Gasteiger partial charge in [0, 0.05) is 5.54 Å². The molecule has 0 bridgehead atoms. The van der Waals surface area contributed by atoms with Crippen molar-refractivity contribution in [1.29, 1.82) is 0 Å². The Morgan fingerprint density at radius 2 is 1.85 bits per heavy atom. The van der Waals surface area contributed by atoms with E-state index < -0.39 is 0 Å². The van der Waals surface area contributed by atoms with Gasteiger partial charge in [0.1, 0.15) is 0 Å². The summed E-state index contributed by atoms with van der Waals surface area (Å²) in [6.45, 7) is 8.60. The van der Waals surface area contributed by atoms with Gasteiger partial charge in [0.25, 0.3) is 0 Å². The van der Waals surface area contributed by atoms with E-state index in [2.05, 4.69) is 51.9 Å². The molecule has 0 radical (unpaired) electrons. The zero-order valence-corrected chi connectivity index (χ0v) is 13.5. The van der Waals surface area contributed by atoms with Crippen molar-refractivity contribution in [3.8, 4) is 0 Å². The van der Waals surface area contributed by atoms with Crippen LogP contribution in [0.1, 0.15) is 55.9 Å². The molecule has 0 aromatic heterocycles. The van der Waals surface area contributed by atoms with Crippen LogP contribution >= 0.6 is 0 Å². The molecule has 1 fully saturated rings. The first-order chi connectivity index (χ1) is 9.34. The minimum absolute atomic E-state index is 0.213. The molecule has 1 heterocycles.